The number of carbonyl (C=O) groups is 1. The van der Waals surface area contributed by atoms with E-state index in [4.69, 9.17) is 5.73 Å². The first-order chi connectivity index (χ1) is 8.49. The molecular formula is C15H22N2O. The molecule has 1 aliphatic heterocycles. The van der Waals surface area contributed by atoms with E-state index in [2.05, 4.69) is 19.9 Å². The lowest BCUT2D eigenvalue weighted by Gasteiger charge is -2.32. The molecule has 0 saturated heterocycles. The third-order valence-corrected chi connectivity index (χ3v) is 3.94. The quantitative estimate of drug-likeness (QED) is 0.815. The topological polar surface area (TPSA) is 46.3 Å². The van der Waals surface area contributed by atoms with Gasteiger partial charge in [0.15, 0.2) is 0 Å². The van der Waals surface area contributed by atoms with Crippen molar-refractivity contribution in [2.45, 2.75) is 33.7 Å². The lowest BCUT2D eigenvalue weighted by Crippen LogP contribution is -2.40. The Hall–Kier alpha value is -1.51. The molecule has 0 radical (unpaired) electrons. The number of benzene rings is 1. The van der Waals surface area contributed by atoms with Gasteiger partial charge in [-0.2, -0.15) is 0 Å². The van der Waals surface area contributed by atoms with Gasteiger partial charge in [0.05, 0.1) is 0 Å². The van der Waals surface area contributed by atoms with Crippen LogP contribution in [0.4, 0.5) is 5.69 Å². The van der Waals surface area contributed by atoms with E-state index in [-0.39, 0.29) is 11.8 Å². The number of amides is 1. The van der Waals surface area contributed by atoms with Gasteiger partial charge in [-0.3, -0.25) is 4.79 Å². The van der Waals surface area contributed by atoms with Crippen molar-refractivity contribution in [3.05, 3.63) is 29.3 Å². The molecular weight excluding hydrogens is 224 g/mol. The molecule has 0 fully saturated rings. The first-order valence-corrected chi connectivity index (χ1v) is 6.65. The van der Waals surface area contributed by atoms with E-state index in [0.717, 1.165) is 18.7 Å². The van der Waals surface area contributed by atoms with Gasteiger partial charge in [0, 0.05) is 24.7 Å². The highest BCUT2D eigenvalue weighted by Gasteiger charge is 2.26. The number of carbonyl (C=O) groups excluding carboxylic acids is 1. The SMILES string of the molecule is CC(C)C(C)C(=O)N1CCc2ccc(N)cc2C1. The standard InChI is InChI=1S/C15H22N2O/c1-10(2)11(3)15(18)17-7-6-12-4-5-14(16)8-13(12)9-17/h4-5,8,10-11H,6-7,9,16H2,1-3H3. The molecule has 2 N–H and O–H groups in total. The van der Waals surface area contributed by atoms with E-state index in [1.54, 1.807) is 0 Å². The van der Waals surface area contributed by atoms with Crippen molar-refractivity contribution in [2.24, 2.45) is 11.8 Å². The predicted molar refractivity (Wildman–Crippen MR) is 74.0 cm³/mol. The number of hydrogen-bond donors (Lipinski definition) is 1. The van der Waals surface area contributed by atoms with Crippen LogP contribution in [0.1, 0.15) is 31.9 Å². The Bertz CT molecular complexity index is 454. The molecule has 3 heteroatoms. The molecule has 18 heavy (non-hydrogen) atoms. The summed E-state index contributed by atoms with van der Waals surface area (Å²) in [6.45, 7) is 7.74. The van der Waals surface area contributed by atoms with Gasteiger partial charge in [-0.05, 0) is 35.6 Å². The minimum absolute atomic E-state index is 0.0904. The molecule has 0 spiro atoms. The molecule has 1 aliphatic rings. The molecule has 1 heterocycles. The van der Waals surface area contributed by atoms with Crippen molar-refractivity contribution in [3.63, 3.8) is 0 Å². The molecule has 3 nitrogen and oxygen atoms in total. The monoisotopic (exact) mass is 246 g/mol. The second kappa shape index (κ2) is 5.01. The second-order valence-corrected chi connectivity index (χ2v) is 5.57. The van der Waals surface area contributed by atoms with Crippen molar-refractivity contribution in [1.82, 2.24) is 4.90 Å². The van der Waals surface area contributed by atoms with Crippen LogP contribution in [0.3, 0.4) is 0 Å². The summed E-state index contributed by atoms with van der Waals surface area (Å²) in [6, 6.07) is 6.01. The third-order valence-electron chi connectivity index (χ3n) is 3.94. The maximum Gasteiger partial charge on any atom is 0.225 e. The molecule has 1 aromatic rings. The minimum atomic E-state index is 0.0904. The highest BCUT2D eigenvalue weighted by Crippen LogP contribution is 2.23. The maximum atomic E-state index is 12.3. The van der Waals surface area contributed by atoms with Gasteiger partial charge in [-0.1, -0.05) is 26.8 Å². The van der Waals surface area contributed by atoms with Crippen LogP contribution in [0.25, 0.3) is 0 Å². The molecule has 98 valence electrons. The van der Waals surface area contributed by atoms with Gasteiger partial charge in [-0.25, -0.2) is 0 Å². The second-order valence-electron chi connectivity index (χ2n) is 5.57. The fourth-order valence-electron chi connectivity index (χ4n) is 2.34. The van der Waals surface area contributed by atoms with Crippen LogP contribution in [-0.2, 0) is 17.8 Å². The Kier molecular flexibility index (Phi) is 3.60. The zero-order chi connectivity index (χ0) is 13.3. The van der Waals surface area contributed by atoms with Crippen LogP contribution < -0.4 is 5.73 Å². The van der Waals surface area contributed by atoms with E-state index in [9.17, 15) is 4.79 Å². The smallest absolute Gasteiger partial charge is 0.225 e. The zero-order valence-corrected chi connectivity index (χ0v) is 11.4. The summed E-state index contributed by atoms with van der Waals surface area (Å²) >= 11 is 0. The van der Waals surface area contributed by atoms with Gasteiger partial charge in [-0.15, -0.1) is 0 Å². The van der Waals surface area contributed by atoms with Crippen LogP contribution >= 0.6 is 0 Å². The van der Waals surface area contributed by atoms with Crippen molar-refractivity contribution < 1.29 is 4.79 Å². The van der Waals surface area contributed by atoms with Gasteiger partial charge < -0.3 is 10.6 Å². The van der Waals surface area contributed by atoms with Crippen LogP contribution in [0.2, 0.25) is 0 Å². The first-order valence-electron chi connectivity index (χ1n) is 6.65. The van der Waals surface area contributed by atoms with Crippen LogP contribution in [0.15, 0.2) is 18.2 Å². The number of hydrogen-bond acceptors (Lipinski definition) is 2. The summed E-state index contributed by atoms with van der Waals surface area (Å²) in [5.74, 6) is 0.741. The van der Waals surface area contributed by atoms with Crippen molar-refractivity contribution >= 4 is 11.6 Å². The van der Waals surface area contributed by atoms with Gasteiger partial charge in [0.1, 0.15) is 0 Å². The van der Waals surface area contributed by atoms with E-state index >= 15 is 0 Å². The average Bonchev–Trinajstić information content (AvgIpc) is 2.35. The Morgan fingerprint density at radius 2 is 2.00 bits per heavy atom. The van der Waals surface area contributed by atoms with Crippen molar-refractivity contribution in [2.75, 3.05) is 12.3 Å². The summed E-state index contributed by atoms with van der Waals surface area (Å²) in [4.78, 5) is 14.3. The molecule has 0 aliphatic carbocycles. The van der Waals surface area contributed by atoms with E-state index < -0.39 is 0 Å². The van der Waals surface area contributed by atoms with E-state index in [1.165, 1.54) is 11.1 Å². The number of rotatable bonds is 2. The normalized spacial score (nSPS) is 16.6. The molecule has 1 unspecified atom stereocenters. The Morgan fingerprint density at radius 3 is 2.67 bits per heavy atom. The zero-order valence-electron chi connectivity index (χ0n) is 11.4. The van der Waals surface area contributed by atoms with Gasteiger partial charge in [0.25, 0.3) is 0 Å². The lowest BCUT2D eigenvalue weighted by atomic mass is 9.94. The lowest BCUT2D eigenvalue weighted by molar-refractivity contribution is -0.137. The minimum Gasteiger partial charge on any atom is -0.399 e. The summed E-state index contributed by atoms with van der Waals surface area (Å²) < 4.78 is 0. The van der Waals surface area contributed by atoms with Crippen LogP contribution in [0.5, 0.6) is 0 Å². The summed E-state index contributed by atoms with van der Waals surface area (Å²) in [5.41, 5.74) is 9.11. The summed E-state index contributed by atoms with van der Waals surface area (Å²) in [5, 5.41) is 0. The fraction of sp³-hybridized carbons (Fsp3) is 0.533. The molecule has 1 amide bonds. The number of fused-ring (bicyclic) bond motifs is 1. The average molecular weight is 246 g/mol. The summed E-state index contributed by atoms with van der Waals surface area (Å²) in [7, 11) is 0. The largest absolute Gasteiger partial charge is 0.399 e. The number of anilines is 1. The van der Waals surface area contributed by atoms with Crippen molar-refractivity contribution in [1.29, 1.82) is 0 Å². The fourth-order valence-corrected chi connectivity index (χ4v) is 2.34. The first kappa shape index (κ1) is 12.9. The van der Waals surface area contributed by atoms with Crippen LogP contribution in [0, 0.1) is 11.8 Å². The molecule has 1 aromatic carbocycles. The maximum absolute atomic E-state index is 12.3. The predicted octanol–water partition coefficient (Wildman–Crippen LogP) is 2.45. The third kappa shape index (κ3) is 2.50. The van der Waals surface area contributed by atoms with Crippen molar-refractivity contribution in [3.8, 4) is 0 Å². The van der Waals surface area contributed by atoms with E-state index in [0.29, 0.717) is 12.5 Å². The molecule has 2 rings (SSSR count). The Labute approximate surface area is 109 Å². The highest BCUT2D eigenvalue weighted by molar-refractivity contribution is 5.79. The Morgan fingerprint density at radius 1 is 1.28 bits per heavy atom. The molecule has 1 atom stereocenters. The van der Waals surface area contributed by atoms with Crippen LogP contribution in [-0.4, -0.2) is 17.4 Å². The number of nitrogens with two attached hydrogens (primary N) is 1. The van der Waals surface area contributed by atoms with Gasteiger partial charge >= 0.3 is 0 Å². The molecule has 0 aromatic heterocycles. The Balaban J connectivity index is 2.14. The molecule has 0 saturated carbocycles. The van der Waals surface area contributed by atoms with E-state index in [1.807, 2.05) is 24.0 Å². The number of nitrogen functional groups attached to an aromatic ring is 1. The number of nitrogens with zero attached hydrogens (tertiary/aromatic N) is 1. The van der Waals surface area contributed by atoms with Gasteiger partial charge in [0.2, 0.25) is 5.91 Å². The highest BCUT2D eigenvalue weighted by atomic mass is 16.2. The summed E-state index contributed by atoms with van der Waals surface area (Å²) in [6.07, 6.45) is 0.937. The molecule has 0 bridgehead atoms.